The van der Waals surface area contributed by atoms with E-state index in [4.69, 9.17) is 9.84 Å². The van der Waals surface area contributed by atoms with Gasteiger partial charge >= 0.3 is 5.97 Å². The summed E-state index contributed by atoms with van der Waals surface area (Å²) in [5.41, 5.74) is -0.447. The lowest BCUT2D eigenvalue weighted by Crippen LogP contribution is -2.48. The fourth-order valence-electron chi connectivity index (χ4n) is 2.26. The van der Waals surface area contributed by atoms with Gasteiger partial charge in [0.05, 0.1) is 18.6 Å². The van der Waals surface area contributed by atoms with E-state index in [-0.39, 0.29) is 6.04 Å². The second kappa shape index (κ2) is 3.51. The van der Waals surface area contributed by atoms with Crippen molar-refractivity contribution < 1.29 is 14.6 Å². The van der Waals surface area contributed by atoms with Crippen molar-refractivity contribution >= 4 is 5.97 Å². The zero-order valence-corrected chi connectivity index (χ0v) is 8.53. The van der Waals surface area contributed by atoms with Gasteiger partial charge in [-0.3, -0.25) is 9.69 Å². The molecular formula is C10H17NO3. The van der Waals surface area contributed by atoms with Crippen LogP contribution in [-0.2, 0) is 9.53 Å². The normalized spacial score (nSPS) is 28.4. The Balaban J connectivity index is 1.99. The number of ether oxygens (including phenoxy) is 1. The van der Waals surface area contributed by atoms with Crippen LogP contribution in [0.3, 0.4) is 0 Å². The molecule has 1 saturated heterocycles. The molecule has 2 fully saturated rings. The lowest BCUT2D eigenvalue weighted by molar-refractivity contribution is -0.147. The molecule has 1 aliphatic heterocycles. The van der Waals surface area contributed by atoms with Crippen LogP contribution in [0, 0.1) is 5.41 Å². The van der Waals surface area contributed by atoms with Crippen LogP contribution in [0.4, 0.5) is 0 Å². The van der Waals surface area contributed by atoms with Crippen LogP contribution >= 0.6 is 0 Å². The molecule has 80 valence electrons. The Morgan fingerprint density at radius 2 is 2.00 bits per heavy atom. The molecule has 4 heteroatoms. The zero-order chi connectivity index (χ0) is 10.2. The number of aliphatic carboxylic acids is 1. The molecule has 2 rings (SSSR count). The first-order valence-electron chi connectivity index (χ1n) is 5.22. The molecule has 0 aromatic carbocycles. The summed E-state index contributed by atoms with van der Waals surface area (Å²) in [6.07, 6.45) is 1.67. The molecule has 1 N–H and O–H groups in total. The molecule has 4 nitrogen and oxygen atoms in total. The number of rotatable bonds is 3. The average molecular weight is 199 g/mol. The number of hydrogen-bond donors (Lipinski definition) is 1. The maximum Gasteiger partial charge on any atom is 0.311 e. The van der Waals surface area contributed by atoms with Gasteiger partial charge in [0.25, 0.3) is 0 Å². The SMILES string of the molecule is CC(N1CCOCC1)C1(C(=O)O)CC1. The minimum atomic E-state index is -0.628. The number of morpholine rings is 1. The summed E-state index contributed by atoms with van der Waals surface area (Å²) in [6, 6.07) is 0.156. The first-order valence-corrected chi connectivity index (χ1v) is 5.22. The van der Waals surface area contributed by atoms with Gasteiger partial charge in [-0.1, -0.05) is 0 Å². The number of carboxylic acid groups (broad SMARTS) is 1. The standard InChI is InChI=1S/C10H17NO3/c1-8(10(2-3-10)9(12)13)11-4-6-14-7-5-11/h8H,2-7H2,1H3,(H,12,13). The summed E-state index contributed by atoms with van der Waals surface area (Å²) >= 11 is 0. The van der Waals surface area contributed by atoms with Gasteiger partial charge in [-0.25, -0.2) is 0 Å². The van der Waals surface area contributed by atoms with Crippen molar-refractivity contribution in [2.45, 2.75) is 25.8 Å². The van der Waals surface area contributed by atoms with Crippen LogP contribution in [0.25, 0.3) is 0 Å². The first kappa shape index (κ1) is 9.93. The highest BCUT2D eigenvalue weighted by atomic mass is 16.5. The molecule has 1 atom stereocenters. The van der Waals surface area contributed by atoms with Crippen molar-refractivity contribution in [1.29, 1.82) is 0 Å². The summed E-state index contributed by atoms with van der Waals surface area (Å²) in [4.78, 5) is 13.4. The lowest BCUT2D eigenvalue weighted by Gasteiger charge is -2.35. The first-order chi connectivity index (χ1) is 6.67. The van der Waals surface area contributed by atoms with E-state index in [9.17, 15) is 4.79 Å². The van der Waals surface area contributed by atoms with Gasteiger partial charge < -0.3 is 9.84 Å². The monoisotopic (exact) mass is 199 g/mol. The Bertz CT molecular complexity index is 232. The molecule has 0 spiro atoms. The van der Waals surface area contributed by atoms with E-state index >= 15 is 0 Å². The van der Waals surface area contributed by atoms with Crippen LogP contribution in [0.2, 0.25) is 0 Å². The van der Waals surface area contributed by atoms with Crippen molar-refractivity contribution in [2.75, 3.05) is 26.3 Å². The summed E-state index contributed by atoms with van der Waals surface area (Å²) in [5, 5.41) is 9.15. The minimum absolute atomic E-state index is 0.156. The molecule has 0 radical (unpaired) electrons. The van der Waals surface area contributed by atoms with E-state index in [1.807, 2.05) is 6.92 Å². The van der Waals surface area contributed by atoms with Crippen LogP contribution < -0.4 is 0 Å². The Morgan fingerprint density at radius 1 is 1.43 bits per heavy atom. The predicted octanol–water partition coefficient (Wildman–Crippen LogP) is 0.572. The van der Waals surface area contributed by atoms with Crippen molar-refractivity contribution in [2.24, 2.45) is 5.41 Å². The molecule has 1 unspecified atom stereocenters. The maximum atomic E-state index is 11.1. The minimum Gasteiger partial charge on any atom is -0.481 e. The Hall–Kier alpha value is -0.610. The van der Waals surface area contributed by atoms with Gasteiger partial charge in [0, 0.05) is 19.1 Å². The third kappa shape index (κ3) is 1.53. The van der Waals surface area contributed by atoms with Crippen molar-refractivity contribution in [3.63, 3.8) is 0 Å². The topological polar surface area (TPSA) is 49.8 Å². The van der Waals surface area contributed by atoms with Crippen molar-refractivity contribution in [1.82, 2.24) is 4.90 Å². The Labute approximate surface area is 83.8 Å². The summed E-state index contributed by atoms with van der Waals surface area (Å²) in [6.45, 7) is 5.25. The number of nitrogens with zero attached hydrogens (tertiary/aromatic N) is 1. The molecule has 0 amide bonds. The van der Waals surface area contributed by atoms with E-state index in [0.717, 1.165) is 39.1 Å². The van der Waals surface area contributed by atoms with Gasteiger partial charge in [0.15, 0.2) is 0 Å². The molecule has 1 heterocycles. The number of carboxylic acids is 1. The van der Waals surface area contributed by atoms with E-state index in [0.29, 0.717) is 0 Å². The largest absolute Gasteiger partial charge is 0.481 e. The Morgan fingerprint density at radius 3 is 2.43 bits per heavy atom. The van der Waals surface area contributed by atoms with E-state index in [1.54, 1.807) is 0 Å². The summed E-state index contributed by atoms with van der Waals surface area (Å²) in [7, 11) is 0. The molecule has 0 aromatic heterocycles. The summed E-state index contributed by atoms with van der Waals surface area (Å²) in [5.74, 6) is -0.628. The molecule has 0 aromatic rings. The van der Waals surface area contributed by atoms with Crippen molar-refractivity contribution in [3.8, 4) is 0 Å². The molecule has 1 aliphatic carbocycles. The lowest BCUT2D eigenvalue weighted by atomic mass is 9.96. The zero-order valence-electron chi connectivity index (χ0n) is 8.53. The fraction of sp³-hybridized carbons (Fsp3) is 0.900. The highest BCUT2D eigenvalue weighted by Crippen LogP contribution is 2.50. The third-order valence-corrected chi connectivity index (χ3v) is 3.61. The third-order valence-electron chi connectivity index (χ3n) is 3.61. The highest BCUT2D eigenvalue weighted by molar-refractivity contribution is 5.78. The predicted molar refractivity (Wildman–Crippen MR) is 51.2 cm³/mol. The fourth-order valence-corrected chi connectivity index (χ4v) is 2.26. The smallest absolute Gasteiger partial charge is 0.311 e. The molecular weight excluding hydrogens is 182 g/mol. The highest BCUT2D eigenvalue weighted by Gasteiger charge is 2.56. The molecule has 0 bridgehead atoms. The van der Waals surface area contributed by atoms with Gasteiger partial charge in [-0.2, -0.15) is 0 Å². The summed E-state index contributed by atoms with van der Waals surface area (Å²) < 4.78 is 5.25. The molecule has 1 saturated carbocycles. The van der Waals surface area contributed by atoms with Crippen molar-refractivity contribution in [3.05, 3.63) is 0 Å². The molecule has 2 aliphatic rings. The number of carbonyl (C=O) groups is 1. The van der Waals surface area contributed by atoms with Gasteiger partial charge in [0.1, 0.15) is 0 Å². The van der Waals surface area contributed by atoms with Crippen LogP contribution in [0.15, 0.2) is 0 Å². The van der Waals surface area contributed by atoms with Crippen LogP contribution in [0.5, 0.6) is 0 Å². The van der Waals surface area contributed by atoms with Gasteiger partial charge in [0.2, 0.25) is 0 Å². The van der Waals surface area contributed by atoms with Crippen LogP contribution in [0.1, 0.15) is 19.8 Å². The van der Waals surface area contributed by atoms with Crippen LogP contribution in [-0.4, -0.2) is 48.3 Å². The maximum absolute atomic E-state index is 11.1. The second-order valence-corrected chi connectivity index (χ2v) is 4.29. The van der Waals surface area contributed by atoms with E-state index in [2.05, 4.69) is 4.90 Å². The number of hydrogen-bond acceptors (Lipinski definition) is 3. The van der Waals surface area contributed by atoms with Gasteiger partial charge in [-0.15, -0.1) is 0 Å². The molecule has 14 heavy (non-hydrogen) atoms. The Kier molecular flexibility index (Phi) is 2.49. The van der Waals surface area contributed by atoms with E-state index in [1.165, 1.54) is 0 Å². The second-order valence-electron chi connectivity index (χ2n) is 4.29. The quantitative estimate of drug-likeness (QED) is 0.722. The van der Waals surface area contributed by atoms with E-state index < -0.39 is 11.4 Å². The average Bonchev–Trinajstić information content (AvgIpc) is 2.99. The van der Waals surface area contributed by atoms with Gasteiger partial charge in [-0.05, 0) is 19.8 Å².